The molecule has 0 radical (unpaired) electrons. The highest BCUT2D eigenvalue weighted by atomic mass is 32.2. The van der Waals surface area contributed by atoms with E-state index in [4.69, 9.17) is 4.52 Å². The van der Waals surface area contributed by atoms with Gasteiger partial charge in [-0.1, -0.05) is 17.3 Å². The van der Waals surface area contributed by atoms with Gasteiger partial charge >= 0.3 is 5.97 Å². The van der Waals surface area contributed by atoms with Crippen LogP contribution < -0.4 is 0 Å². The van der Waals surface area contributed by atoms with E-state index in [1.54, 1.807) is 24.3 Å². The Morgan fingerprint density at radius 2 is 2.14 bits per heavy atom. The number of rotatable bonds is 4. The molecule has 3 rings (SSSR count). The minimum atomic E-state index is -3.76. The van der Waals surface area contributed by atoms with Gasteiger partial charge in [0.1, 0.15) is 17.5 Å². The molecule has 1 aromatic heterocycles. The molecule has 1 unspecified atom stereocenters. The van der Waals surface area contributed by atoms with Crippen molar-refractivity contribution in [2.75, 3.05) is 6.54 Å². The minimum absolute atomic E-state index is 0.231. The number of para-hydroxylation sites is 1. The van der Waals surface area contributed by atoms with Gasteiger partial charge in [-0.25, -0.2) is 8.42 Å². The molecule has 1 saturated heterocycles. The maximum absolute atomic E-state index is 12.6. The standard InChI is InChI=1S/C14H16N2O5S/c17-14(18)12-6-3-4-8-16(12)22(19,20)9-11-10-5-1-2-7-13(10)21-15-11/h1-2,5,7,12H,3-4,6,8-9H2,(H,17,18). The van der Waals surface area contributed by atoms with Crippen molar-refractivity contribution in [3.63, 3.8) is 0 Å². The average Bonchev–Trinajstić information content (AvgIpc) is 2.90. The quantitative estimate of drug-likeness (QED) is 0.916. The molecule has 0 amide bonds. The molecule has 2 aromatic rings. The number of benzene rings is 1. The number of hydrogen-bond acceptors (Lipinski definition) is 5. The number of nitrogens with zero attached hydrogens (tertiary/aromatic N) is 2. The monoisotopic (exact) mass is 324 g/mol. The lowest BCUT2D eigenvalue weighted by atomic mass is 10.1. The zero-order valence-electron chi connectivity index (χ0n) is 11.8. The molecule has 1 fully saturated rings. The van der Waals surface area contributed by atoms with Crippen LogP contribution in [0.4, 0.5) is 0 Å². The molecule has 0 spiro atoms. The van der Waals surface area contributed by atoms with Crippen LogP contribution in [0.1, 0.15) is 25.0 Å². The number of carbonyl (C=O) groups is 1. The summed E-state index contributed by atoms with van der Waals surface area (Å²) < 4.78 is 31.4. The van der Waals surface area contributed by atoms with E-state index in [0.717, 1.165) is 10.7 Å². The van der Waals surface area contributed by atoms with Gasteiger partial charge in [0, 0.05) is 11.9 Å². The molecule has 118 valence electrons. The van der Waals surface area contributed by atoms with Crippen LogP contribution >= 0.6 is 0 Å². The molecule has 0 bridgehead atoms. The summed E-state index contributed by atoms with van der Waals surface area (Å²) in [5, 5.41) is 13.7. The van der Waals surface area contributed by atoms with E-state index >= 15 is 0 Å². The second-order valence-electron chi connectivity index (χ2n) is 5.34. The summed E-state index contributed by atoms with van der Waals surface area (Å²) in [5.74, 6) is -1.46. The van der Waals surface area contributed by atoms with Gasteiger partial charge in [-0.3, -0.25) is 4.79 Å². The first kappa shape index (κ1) is 15.0. The predicted octanol–water partition coefficient (Wildman–Crippen LogP) is 1.60. The number of hydrogen-bond donors (Lipinski definition) is 1. The van der Waals surface area contributed by atoms with E-state index in [0.29, 0.717) is 29.5 Å². The normalized spacial score (nSPS) is 20.3. The third kappa shape index (κ3) is 2.71. The van der Waals surface area contributed by atoms with Gasteiger partial charge in [0.25, 0.3) is 0 Å². The topological polar surface area (TPSA) is 101 Å². The molecule has 1 atom stereocenters. The van der Waals surface area contributed by atoms with Crippen molar-refractivity contribution in [2.45, 2.75) is 31.1 Å². The summed E-state index contributed by atoms with van der Waals surface area (Å²) in [4.78, 5) is 11.3. The van der Waals surface area contributed by atoms with Crippen LogP contribution in [0, 0.1) is 0 Å². The number of carboxylic acid groups (broad SMARTS) is 1. The van der Waals surface area contributed by atoms with E-state index in [1.807, 2.05) is 0 Å². The Bertz CT molecular complexity index is 798. The Hall–Kier alpha value is -1.93. The first-order valence-electron chi connectivity index (χ1n) is 7.04. The SMILES string of the molecule is O=C(O)C1CCCCN1S(=O)(=O)Cc1noc2ccccc12. The Morgan fingerprint density at radius 3 is 2.91 bits per heavy atom. The molecule has 1 aliphatic heterocycles. The fourth-order valence-electron chi connectivity index (χ4n) is 2.78. The Kier molecular flexibility index (Phi) is 3.88. The molecular formula is C14H16N2O5S. The minimum Gasteiger partial charge on any atom is -0.480 e. The molecule has 8 heteroatoms. The maximum atomic E-state index is 12.6. The number of fused-ring (bicyclic) bond motifs is 1. The highest BCUT2D eigenvalue weighted by Crippen LogP contribution is 2.25. The highest BCUT2D eigenvalue weighted by molar-refractivity contribution is 7.88. The highest BCUT2D eigenvalue weighted by Gasteiger charge is 2.37. The van der Waals surface area contributed by atoms with E-state index in [-0.39, 0.29) is 12.3 Å². The third-order valence-corrected chi connectivity index (χ3v) is 5.66. The Morgan fingerprint density at radius 1 is 1.36 bits per heavy atom. The maximum Gasteiger partial charge on any atom is 0.322 e. The average molecular weight is 324 g/mol. The van der Waals surface area contributed by atoms with Crippen molar-refractivity contribution < 1.29 is 22.8 Å². The number of sulfonamides is 1. The van der Waals surface area contributed by atoms with Crippen molar-refractivity contribution >= 4 is 27.0 Å². The van der Waals surface area contributed by atoms with Gasteiger partial charge in [-0.05, 0) is 31.4 Å². The lowest BCUT2D eigenvalue weighted by Crippen LogP contribution is -2.48. The van der Waals surface area contributed by atoms with Gasteiger partial charge in [0.05, 0.1) is 0 Å². The smallest absolute Gasteiger partial charge is 0.322 e. The summed E-state index contributed by atoms with van der Waals surface area (Å²) >= 11 is 0. The van der Waals surface area contributed by atoms with Crippen LogP contribution in [0.15, 0.2) is 28.8 Å². The van der Waals surface area contributed by atoms with Gasteiger partial charge in [-0.2, -0.15) is 4.31 Å². The molecule has 0 aliphatic carbocycles. The van der Waals surface area contributed by atoms with E-state index < -0.39 is 22.0 Å². The predicted molar refractivity (Wildman–Crippen MR) is 78.6 cm³/mol. The van der Waals surface area contributed by atoms with Crippen LogP contribution in [0.2, 0.25) is 0 Å². The summed E-state index contributed by atoms with van der Waals surface area (Å²) in [6.07, 6.45) is 1.73. The van der Waals surface area contributed by atoms with Crippen molar-refractivity contribution in [1.82, 2.24) is 9.46 Å². The van der Waals surface area contributed by atoms with Crippen molar-refractivity contribution in [2.24, 2.45) is 0 Å². The fraction of sp³-hybridized carbons (Fsp3) is 0.429. The molecular weight excluding hydrogens is 308 g/mol. The zero-order chi connectivity index (χ0) is 15.7. The zero-order valence-corrected chi connectivity index (χ0v) is 12.6. The van der Waals surface area contributed by atoms with Crippen molar-refractivity contribution in [3.05, 3.63) is 30.0 Å². The number of aliphatic carboxylic acids is 1. The number of piperidine rings is 1. The molecule has 1 aromatic carbocycles. The summed E-state index contributed by atoms with van der Waals surface area (Å²) in [6.45, 7) is 0.231. The second-order valence-corrected chi connectivity index (χ2v) is 7.26. The van der Waals surface area contributed by atoms with Crippen LogP contribution in [-0.4, -0.2) is 41.5 Å². The fourth-order valence-corrected chi connectivity index (χ4v) is 4.49. The van der Waals surface area contributed by atoms with Crippen LogP contribution in [0.25, 0.3) is 11.0 Å². The largest absolute Gasteiger partial charge is 0.480 e. The molecule has 1 aliphatic rings. The summed E-state index contributed by atoms with van der Waals surface area (Å²) in [6, 6.07) is 6.01. The van der Waals surface area contributed by atoms with Crippen LogP contribution in [0.5, 0.6) is 0 Å². The molecule has 1 N–H and O–H groups in total. The van der Waals surface area contributed by atoms with Crippen molar-refractivity contribution in [1.29, 1.82) is 0 Å². The number of carboxylic acids is 1. The Balaban J connectivity index is 1.91. The molecule has 22 heavy (non-hydrogen) atoms. The lowest BCUT2D eigenvalue weighted by molar-refractivity contribution is -0.142. The summed E-state index contributed by atoms with van der Waals surface area (Å²) in [7, 11) is -3.76. The van der Waals surface area contributed by atoms with Gasteiger partial charge in [0.2, 0.25) is 10.0 Å². The molecule has 2 heterocycles. The first-order chi connectivity index (χ1) is 10.5. The van der Waals surface area contributed by atoms with E-state index in [2.05, 4.69) is 5.16 Å². The first-order valence-corrected chi connectivity index (χ1v) is 8.65. The second kappa shape index (κ2) is 5.69. The summed E-state index contributed by atoms with van der Waals surface area (Å²) in [5.41, 5.74) is 0.825. The van der Waals surface area contributed by atoms with Crippen molar-refractivity contribution in [3.8, 4) is 0 Å². The van der Waals surface area contributed by atoms with E-state index in [9.17, 15) is 18.3 Å². The number of aromatic nitrogens is 1. The Labute approximate surface area is 127 Å². The van der Waals surface area contributed by atoms with Gasteiger partial charge in [-0.15, -0.1) is 0 Å². The van der Waals surface area contributed by atoms with Crippen LogP contribution in [-0.2, 0) is 20.6 Å². The van der Waals surface area contributed by atoms with Crippen LogP contribution in [0.3, 0.4) is 0 Å². The third-order valence-electron chi connectivity index (χ3n) is 3.87. The lowest BCUT2D eigenvalue weighted by Gasteiger charge is -2.31. The molecule has 7 nitrogen and oxygen atoms in total. The molecule has 0 saturated carbocycles. The van der Waals surface area contributed by atoms with Gasteiger partial charge in [0.15, 0.2) is 5.58 Å². The van der Waals surface area contributed by atoms with Gasteiger partial charge < -0.3 is 9.63 Å². The van der Waals surface area contributed by atoms with E-state index in [1.165, 1.54) is 0 Å².